The lowest BCUT2D eigenvalue weighted by atomic mass is 10.2. The van der Waals surface area contributed by atoms with Gasteiger partial charge < -0.3 is 0 Å². The molecule has 0 fully saturated rings. The molecule has 164 valence electrons. The first kappa shape index (κ1) is 22.7. The number of nitrogens with zero attached hydrogens (tertiary/aromatic N) is 3. The number of hydrogen-bond acceptors (Lipinski definition) is 4. The van der Waals surface area contributed by atoms with Crippen LogP contribution in [0.2, 0.25) is 5.02 Å². The Balaban J connectivity index is 1.90. The van der Waals surface area contributed by atoms with Crippen molar-refractivity contribution >= 4 is 48.5 Å². The van der Waals surface area contributed by atoms with Crippen molar-refractivity contribution in [2.75, 3.05) is 7.05 Å². The maximum atomic E-state index is 13.4. The fraction of sp³-hybridized carbons (Fsp3) is 0.130. The zero-order valence-electron chi connectivity index (χ0n) is 17.2. The number of halogens is 2. The summed E-state index contributed by atoms with van der Waals surface area (Å²) < 4.78 is 30.0. The van der Waals surface area contributed by atoms with Crippen molar-refractivity contribution in [1.82, 2.24) is 13.9 Å². The third-order valence-corrected chi connectivity index (χ3v) is 8.02. The van der Waals surface area contributed by atoms with Crippen molar-refractivity contribution in [1.29, 1.82) is 0 Å². The Bertz CT molecular complexity index is 1450. The molecule has 1 unspecified atom stereocenters. The molecule has 1 heterocycles. The summed E-state index contributed by atoms with van der Waals surface area (Å²) in [5.74, 6) is 0.305. The molecule has 0 spiro atoms. The molecule has 6 nitrogen and oxygen atoms in total. The number of rotatable bonds is 5. The lowest BCUT2D eigenvalue weighted by molar-refractivity contribution is 0.379. The molecular weight excluding hydrogens is 514 g/mol. The first-order valence-electron chi connectivity index (χ1n) is 9.71. The molecule has 4 aromatic rings. The minimum Gasteiger partial charge on any atom is -0.268 e. The van der Waals surface area contributed by atoms with Crippen molar-refractivity contribution in [2.45, 2.75) is 17.9 Å². The van der Waals surface area contributed by atoms with Gasteiger partial charge in [-0.25, -0.2) is 13.4 Å². The number of hydrogen-bond donors (Lipinski definition) is 0. The molecule has 0 saturated carbocycles. The van der Waals surface area contributed by atoms with Crippen molar-refractivity contribution in [3.05, 3.63) is 98.5 Å². The monoisotopic (exact) mass is 531 g/mol. The molecule has 0 saturated heterocycles. The highest BCUT2D eigenvalue weighted by atomic mass is 79.9. The summed E-state index contributed by atoms with van der Waals surface area (Å²) in [6.45, 7) is 1.71. The van der Waals surface area contributed by atoms with Crippen LogP contribution >= 0.6 is 27.5 Å². The summed E-state index contributed by atoms with van der Waals surface area (Å²) in [6.07, 6.45) is 0. The van der Waals surface area contributed by atoms with Crippen LogP contribution in [0.4, 0.5) is 0 Å². The number of aromatic nitrogens is 2. The van der Waals surface area contributed by atoms with Crippen LogP contribution in [0, 0.1) is 0 Å². The molecule has 0 aliphatic rings. The minimum atomic E-state index is -3.84. The standard InChI is InChI=1S/C23H19BrClN3O3S/c1-15(27(2)32(30,31)19-13-7-16(24)8-14-19)22-26-21-6-4-3-5-20(21)23(29)28(22)18-11-9-17(25)10-12-18/h3-15H,1-2H3. The number of benzene rings is 3. The minimum absolute atomic E-state index is 0.149. The van der Waals surface area contributed by atoms with Gasteiger partial charge in [0, 0.05) is 16.5 Å². The molecule has 0 aliphatic heterocycles. The number of fused-ring (bicyclic) bond motifs is 1. The predicted octanol–water partition coefficient (Wildman–Crippen LogP) is 5.18. The summed E-state index contributed by atoms with van der Waals surface area (Å²) >= 11 is 9.35. The SMILES string of the molecule is CC(c1nc2ccccc2c(=O)n1-c1ccc(Cl)cc1)N(C)S(=O)(=O)c1ccc(Br)cc1. The van der Waals surface area contributed by atoms with Crippen molar-refractivity contribution in [2.24, 2.45) is 0 Å². The summed E-state index contributed by atoms with van der Waals surface area (Å²) in [6, 6.07) is 19.4. The smallest absolute Gasteiger partial charge is 0.266 e. The van der Waals surface area contributed by atoms with Gasteiger partial charge in [-0.1, -0.05) is 39.7 Å². The van der Waals surface area contributed by atoms with Gasteiger partial charge in [-0.15, -0.1) is 0 Å². The maximum Gasteiger partial charge on any atom is 0.266 e. The van der Waals surface area contributed by atoms with E-state index in [0.717, 1.165) is 4.47 Å². The first-order valence-corrected chi connectivity index (χ1v) is 12.3. The Morgan fingerprint density at radius 3 is 2.28 bits per heavy atom. The van der Waals surface area contributed by atoms with Gasteiger partial charge in [0.2, 0.25) is 10.0 Å². The summed E-state index contributed by atoms with van der Waals surface area (Å²) in [7, 11) is -2.36. The van der Waals surface area contributed by atoms with Crippen LogP contribution in [-0.2, 0) is 10.0 Å². The fourth-order valence-corrected chi connectivity index (χ4v) is 5.13. The van der Waals surface area contributed by atoms with E-state index < -0.39 is 16.1 Å². The number of sulfonamides is 1. The van der Waals surface area contributed by atoms with Crippen LogP contribution in [0.1, 0.15) is 18.8 Å². The van der Waals surface area contributed by atoms with E-state index in [0.29, 0.717) is 27.4 Å². The highest BCUT2D eigenvalue weighted by Crippen LogP contribution is 2.27. The Hall–Kier alpha value is -2.52. The molecule has 0 N–H and O–H groups in total. The van der Waals surface area contributed by atoms with E-state index in [1.165, 1.54) is 28.1 Å². The topological polar surface area (TPSA) is 72.3 Å². The Kier molecular flexibility index (Phi) is 6.22. The van der Waals surface area contributed by atoms with Gasteiger partial charge in [0.15, 0.2) is 0 Å². The molecule has 3 aromatic carbocycles. The predicted molar refractivity (Wildman–Crippen MR) is 130 cm³/mol. The first-order chi connectivity index (χ1) is 15.2. The van der Waals surface area contributed by atoms with E-state index in [4.69, 9.17) is 16.6 Å². The second-order valence-electron chi connectivity index (χ2n) is 7.26. The van der Waals surface area contributed by atoms with Crippen LogP contribution in [0.25, 0.3) is 16.6 Å². The van der Waals surface area contributed by atoms with E-state index in [-0.39, 0.29) is 10.5 Å². The van der Waals surface area contributed by atoms with E-state index in [1.807, 2.05) is 0 Å². The second-order valence-corrected chi connectivity index (χ2v) is 10.6. The quantitative estimate of drug-likeness (QED) is 0.355. The van der Waals surface area contributed by atoms with Crippen molar-refractivity contribution < 1.29 is 8.42 Å². The zero-order valence-corrected chi connectivity index (χ0v) is 20.4. The molecule has 9 heteroatoms. The molecule has 0 aliphatic carbocycles. The van der Waals surface area contributed by atoms with Crippen LogP contribution < -0.4 is 5.56 Å². The van der Waals surface area contributed by atoms with Gasteiger partial charge in [0.05, 0.1) is 27.5 Å². The molecule has 32 heavy (non-hydrogen) atoms. The molecule has 1 aromatic heterocycles. The fourth-order valence-electron chi connectivity index (χ4n) is 3.41. The Morgan fingerprint density at radius 1 is 1.00 bits per heavy atom. The van der Waals surface area contributed by atoms with Gasteiger partial charge in [-0.2, -0.15) is 4.31 Å². The van der Waals surface area contributed by atoms with Gasteiger partial charge in [-0.05, 0) is 67.6 Å². The molecule has 0 bridgehead atoms. The molecule has 4 rings (SSSR count). The van der Waals surface area contributed by atoms with E-state index in [9.17, 15) is 13.2 Å². The maximum absolute atomic E-state index is 13.4. The van der Waals surface area contributed by atoms with Crippen LogP contribution in [0.5, 0.6) is 0 Å². The summed E-state index contributed by atoms with van der Waals surface area (Å²) in [5.41, 5.74) is 0.766. The highest BCUT2D eigenvalue weighted by Gasteiger charge is 2.30. The third kappa shape index (κ3) is 4.11. The van der Waals surface area contributed by atoms with E-state index >= 15 is 0 Å². The summed E-state index contributed by atoms with van der Waals surface area (Å²) in [5, 5.41) is 0.969. The van der Waals surface area contributed by atoms with Gasteiger partial charge >= 0.3 is 0 Å². The average molecular weight is 533 g/mol. The van der Waals surface area contributed by atoms with Gasteiger partial charge in [0.25, 0.3) is 5.56 Å². The van der Waals surface area contributed by atoms with Gasteiger partial charge in [-0.3, -0.25) is 9.36 Å². The van der Waals surface area contributed by atoms with Crippen LogP contribution in [0.3, 0.4) is 0 Å². The summed E-state index contributed by atoms with van der Waals surface area (Å²) in [4.78, 5) is 18.3. The zero-order chi connectivity index (χ0) is 23.0. The molecular formula is C23H19BrClN3O3S. The number of para-hydroxylation sites is 1. The molecule has 1 atom stereocenters. The molecule has 0 amide bonds. The highest BCUT2D eigenvalue weighted by molar-refractivity contribution is 9.10. The lowest BCUT2D eigenvalue weighted by Crippen LogP contribution is -2.34. The lowest BCUT2D eigenvalue weighted by Gasteiger charge is -2.26. The molecule has 0 radical (unpaired) electrons. The van der Waals surface area contributed by atoms with E-state index in [1.54, 1.807) is 67.6 Å². The van der Waals surface area contributed by atoms with Gasteiger partial charge in [0.1, 0.15) is 5.82 Å². The normalized spacial score (nSPS) is 12.9. The van der Waals surface area contributed by atoms with Crippen molar-refractivity contribution in [3.63, 3.8) is 0 Å². The van der Waals surface area contributed by atoms with Crippen LogP contribution in [0.15, 0.2) is 87.0 Å². The van der Waals surface area contributed by atoms with Crippen LogP contribution in [-0.4, -0.2) is 29.3 Å². The van der Waals surface area contributed by atoms with Crippen molar-refractivity contribution in [3.8, 4) is 5.69 Å². The second kappa shape index (κ2) is 8.78. The Labute approximate surface area is 199 Å². The van der Waals surface area contributed by atoms with E-state index in [2.05, 4.69) is 15.9 Å². The Morgan fingerprint density at radius 2 is 1.62 bits per heavy atom. The largest absolute Gasteiger partial charge is 0.268 e. The third-order valence-electron chi connectivity index (χ3n) is 5.30. The average Bonchev–Trinajstić information content (AvgIpc) is 2.79.